The van der Waals surface area contributed by atoms with Crippen LogP contribution in [0.5, 0.6) is 0 Å². The highest BCUT2D eigenvalue weighted by Gasteiger charge is 2.21. The van der Waals surface area contributed by atoms with Gasteiger partial charge in [-0.15, -0.1) is 0 Å². The third-order valence-electron chi connectivity index (χ3n) is 7.85. The van der Waals surface area contributed by atoms with Gasteiger partial charge in [0, 0.05) is 49.2 Å². The Bertz CT molecular complexity index is 1640. The van der Waals surface area contributed by atoms with Crippen LogP contribution in [0.1, 0.15) is 26.2 Å². The zero-order chi connectivity index (χ0) is 28.3. The Balaban J connectivity index is 0.00000387. The zero-order valence-electron chi connectivity index (χ0n) is 25.0. The number of carbonyl (C=O) groups is 1. The fraction of sp³-hybridized carbons (Fsp3) is 0.353. The van der Waals surface area contributed by atoms with Crippen LogP contribution in [0.25, 0.3) is 44.0 Å². The van der Waals surface area contributed by atoms with E-state index >= 15 is 0 Å². The molecule has 216 valence electrons. The van der Waals surface area contributed by atoms with Crippen LogP contribution in [0.4, 0.5) is 5.69 Å². The predicted molar refractivity (Wildman–Crippen MR) is 169 cm³/mol. The zero-order valence-corrected chi connectivity index (χ0v) is 26.5. The number of hydrogen-bond donors (Lipinski definition) is 1. The lowest BCUT2D eigenvalue weighted by Gasteiger charge is -2.29. The molecule has 7 heteroatoms. The standard InChI is InChI=1S/C34H41N5O.BrH/c1-6-35-31(40)24-39(4,5)23-13-7-12-22-38-33-30-17-11-9-15-28(30)27-14-8-10-16-29(27)32(33)36-34(38)25-18-20-26(21-19-25)37(2)3;/h8-11,14-21H,6-7,12-13,22-24H2,1-5H3;1H. The number of halogens is 1. The van der Waals surface area contributed by atoms with E-state index in [4.69, 9.17) is 4.98 Å². The maximum Gasteiger partial charge on any atom is 0.275 e. The van der Waals surface area contributed by atoms with Crippen molar-refractivity contribution >= 4 is 44.2 Å². The van der Waals surface area contributed by atoms with Crippen molar-refractivity contribution in [3.05, 3.63) is 72.8 Å². The molecule has 0 bridgehead atoms. The number of hydrogen-bond acceptors (Lipinski definition) is 3. The van der Waals surface area contributed by atoms with Gasteiger partial charge in [0.05, 0.1) is 31.7 Å². The molecule has 0 fully saturated rings. The van der Waals surface area contributed by atoms with E-state index in [0.29, 0.717) is 17.6 Å². The number of rotatable bonds is 11. The highest BCUT2D eigenvalue weighted by atomic mass is 79.9. The molecule has 0 radical (unpaired) electrons. The molecule has 0 unspecified atom stereocenters. The second-order valence-electron chi connectivity index (χ2n) is 11.6. The molecular formula is C34H42BrN5O. The van der Waals surface area contributed by atoms with Gasteiger partial charge in [-0.2, -0.15) is 0 Å². The number of amides is 1. The molecule has 0 saturated heterocycles. The average Bonchev–Trinajstić information content (AvgIpc) is 3.32. The van der Waals surface area contributed by atoms with Crippen LogP contribution in [-0.2, 0) is 11.3 Å². The molecule has 1 heterocycles. The fourth-order valence-corrected chi connectivity index (χ4v) is 5.82. The number of fused-ring (bicyclic) bond motifs is 6. The first-order valence-corrected chi connectivity index (χ1v) is 14.4. The summed E-state index contributed by atoms with van der Waals surface area (Å²) >= 11 is 0. The summed E-state index contributed by atoms with van der Waals surface area (Å²) in [5.41, 5.74) is 4.60. The van der Waals surface area contributed by atoms with Gasteiger partial charge in [-0.1, -0.05) is 48.5 Å². The molecule has 5 rings (SSSR count). The molecule has 4 aromatic carbocycles. The van der Waals surface area contributed by atoms with Crippen molar-refractivity contribution in [2.45, 2.75) is 32.7 Å². The van der Waals surface area contributed by atoms with Crippen molar-refractivity contribution < 1.29 is 26.3 Å². The Morgan fingerprint density at radius 2 is 1.46 bits per heavy atom. The second kappa shape index (κ2) is 13.0. The number of likely N-dealkylation sites (N-methyl/N-ethyl adjacent to an activating group) is 2. The molecule has 0 saturated carbocycles. The second-order valence-corrected chi connectivity index (χ2v) is 11.6. The van der Waals surface area contributed by atoms with Gasteiger partial charge in [0.2, 0.25) is 0 Å². The molecule has 1 amide bonds. The smallest absolute Gasteiger partial charge is 0.275 e. The topological polar surface area (TPSA) is 50.2 Å². The highest BCUT2D eigenvalue weighted by Crippen LogP contribution is 2.37. The summed E-state index contributed by atoms with van der Waals surface area (Å²) in [6.07, 6.45) is 3.23. The van der Waals surface area contributed by atoms with E-state index < -0.39 is 0 Å². The minimum Gasteiger partial charge on any atom is -1.00 e. The van der Waals surface area contributed by atoms with Crippen LogP contribution in [0, 0.1) is 0 Å². The van der Waals surface area contributed by atoms with E-state index in [2.05, 4.69) is 116 Å². The van der Waals surface area contributed by atoms with Crippen molar-refractivity contribution in [1.82, 2.24) is 14.9 Å². The molecule has 5 aromatic rings. The average molecular weight is 617 g/mol. The number of anilines is 1. The van der Waals surface area contributed by atoms with Crippen molar-refractivity contribution in [3.8, 4) is 11.4 Å². The molecule has 1 aromatic heterocycles. The number of unbranched alkanes of at least 4 members (excludes halogenated alkanes) is 2. The van der Waals surface area contributed by atoms with Gasteiger partial charge >= 0.3 is 0 Å². The molecule has 0 aliphatic carbocycles. The van der Waals surface area contributed by atoms with Gasteiger partial charge in [0.25, 0.3) is 5.91 Å². The van der Waals surface area contributed by atoms with Crippen molar-refractivity contribution in [1.29, 1.82) is 0 Å². The Labute approximate surface area is 254 Å². The molecule has 1 N–H and O–H groups in total. The molecule has 0 spiro atoms. The summed E-state index contributed by atoms with van der Waals surface area (Å²) < 4.78 is 3.16. The predicted octanol–water partition coefficient (Wildman–Crippen LogP) is 3.46. The monoisotopic (exact) mass is 615 g/mol. The van der Waals surface area contributed by atoms with Gasteiger partial charge in [0.15, 0.2) is 6.54 Å². The minimum atomic E-state index is 0. The van der Waals surface area contributed by atoms with Crippen LogP contribution in [0.3, 0.4) is 0 Å². The maximum atomic E-state index is 12.1. The normalized spacial score (nSPS) is 11.6. The first kappa shape index (κ1) is 30.5. The molecule has 41 heavy (non-hydrogen) atoms. The van der Waals surface area contributed by atoms with Crippen LogP contribution in [0.15, 0.2) is 72.8 Å². The Kier molecular flexibility index (Phi) is 9.72. The quantitative estimate of drug-likeness (QED) is 0.141. The lowest BCUT2D eigenvalue weighted by molar-refractivity contribution is -0.882. The number of quaternary nitrogens is 1. The number of aryl methyl sites for hydroxylation is 1. The van der Waals surface area contributed by atoms with Crippen LogP contribution in [0.2, 0.25) is 0 Å². The van der Waals surface area contributed by atoms with Crippen molar-refractivity contribution in [3.63, 3.8) is 0 Å². The van der Waals surface area contributed by atoms with E-state index in [9.17, 15) is 4.79 Å². The molecule has 0 aliphatic rings. The van der Waals surface area contributed by atoms with Crippen LogP contribution >= 0.6 is 0 Å². The molecule has 0 aliphatic heterocycles. The maximum absolute atomic E-state index is 12.1. The molecule has 6 nitrogen and oxygen atoms in total. The van der Waals surface area contributed by atoms with E-state index in [1.165, 1.54) is 32.7 Å². The third-order valence-corrected chi connectivity index (χ3v) is 7.85. The number of aromatic nitrogens is 2. The van der Waals surface area contributed by atoms with Gasteiger partial charge in [-0.25, -0.2) is 4.98 Å². The van der Waals surface area contributed by atoms with Crippen molar-refractivity contribution in [2.75, 3.05) is 52.7 Å². The Hall–Kier alpha value is -3.42. The third kappa shape index (κ3) is 6.57. The Morgan fingerprint density at radius 3 is 2.10 bits per heavy atom. The summed E-state index contributed by atoms with van der Waals surface area (Å²) in [6.45, 7) is 5.05. The van der Waals surface area contributed by atoms with Gasteiger partial charge < -0.3 is 36.2 Å². The van der Waals surface area contributed by atoms with E-state index in [1.54, 1.807) is 0 Å². The van der Waals surface area contributed by atoms with Gasteiger partial charge in [-0.3, -0.25) is 4.79 Å². The Morgan fingerprint density at radius 1 is 0.854 bits per heavy atom. The summed E-state index contributed by atoms with van der Waals surface area (Å²) in [4.78, 5) is 19.6. The van der Waals surface area contributed by atoms with Crippen LogP contribution in [-0.4, -0.2) is 67.8 Å². The summed E-state index contributed by atoms with van der Waals surface area (Å²) in [5.74, 6) is 1.15. The summed E-state index contributed by atoms with van der Waals surface area (Å²) in [7, 11) is 8.42. The number of nitrogens with zero attached hydrogens (tertiary/aromatic N) is 4. The van der Waals surface area contributed by atoms with E-state index in [-0.39, 0.29) is 22.9 Å². The summed E-state index contributed by atoms with van der Waals surface area (Å²) in [5, 5.41) is 7.90. The first-order chi connectivity index (χ1) is 19.3. The minimum absolute atomic E-state index is 0. The molecule has 0 atom stereocenters. The van der Waals surface area contributed by atoms with Crippen molar-refractivity contribution in [2.24, 2.45) is 0 Å². The lowest BCUT2D eigenvalue weighted by atomic mass is 10.00. The van der Waals surface area contributed by atoms with Gasteiger partial charge in [-0.05, 0) is 61.2 Å². The van der Waals surface area contributed by atoms with E-state index in [0.717, 1.165) is 49.3 Å². The van der Waals surface area contributed by atoms with Gasteiger partial charge in [0.1, 0.15) is 5.82 Å². The fourth-order valence-electron chi connectivity index (χ4n) is 5.82. The largest absolute Gasteiger partial charge is 1.00 e. The number of imidazole rings is 1. The number of carbonyl (C=O) groups excluding carboxylic acids is 1. The first-order valence-electron chi connectivity index (χ1n) is 14.4. The SMILES string of the molecule is CCNC(=O)C[N+](C)(C)CCCCCn1c(-c2ccc(N(C)C)cc2)nc2c3ccccc3c3ccccc3c21.[Br-]. The summed E-state index contributed by atoms with van der Waals surface area (Å²) in [6, 6.07) is 26.1. The number of benzene rings is 4. The highest BCUT2D eigenvalue weighted by molar-refractivity contribution is 6.23. The number of nitrogens with one attached hydrogen (secondary N) is 1. The lowest BCUT2D eigenvalue weighted by Crippen LogP contribution is -3.00. The van der Waals surface area contributed by atoms with Crippen LogP contribution < -0.4 is 27.2 Å². The molecular weight excluding hydrogens is 574 g/mol. The van der Waals surface area contributed by atoms with E-state index in [1.807, 2.05) is 6.92 Å².